The van der Waals surface area contributed by atoms with Crippen molar-refractivity contribution in [2.45, 2.75) is 38.8 Å². The number of alkyl halides is 3. The number of benzene rings is 1. The monoisotopic (exact) mass is 424 g/mol. The van der Waals surface area contributed by atoms with Crippen molar-refractivity contribution in [3.05, 3.63) is 35.9 Å². The van der Waals surface area contributed by atoms with Gasteiger partial charge in [0, 0.05) is 13.0 Å². The first-order valence-corrected chi connectivity index (χ1v) is 9.86. The van der Waals surface area contributed by atoms with Gasteiger partial charge in [-0.3, -0.25) is 19.3 Å². The molecule has 1 aromatic rings. The molecule has 6 nitrogen and oxygen atoms in total. The van der Waals surface area contributed by atoms with Gasteiger partial charge in [-0.1, -0.05) is 19.1 Å². The Bertz CT molecular complexity index is 840. The first-order chi connectivity index (χ1) is 14.2. The van der Waals surface area contributed by atoms with E-state index < -0.39 is 17.6 Å². The minimum Gasteiger partial charge on any atom is -0.491 e. The van der Waals surface area contributed by atoms with Crippen LogP contribution < -0.4 is 10.1 Å². The van der Waals surface area contributed by atoms with Gasteiger partial charge >= 0.3 is 6.18 Å². The third-order valence-corrected chi connectivity index (χ3v) is 5.20. The van der Waals surface area contributed by atoms with E-state index >= 15 is 0 Å². The molecular weight excluding hydrogens is 401 g/mol. The molecule has 0 radical (unpaired) electrons. The maximum absolute atomic E-state index is 13.0. The summed E-state index contributed by atoms with van der Waals surface area (Å²) in [5, 5.41) is 2.42. The topological polar surface area (TPSA) is 75.7 Å². The molecule has 0 spiro atoms. The number of hydrogen-bond donors (Lipinski definition) is 1. The summed E-state index contributed by atoms with van der Waals surface area (Å²) in [7, 11) is 0. The predicted molar refractivity (Wildman–Crippen MR) is 103 cm³/mol. The third kappa shape index (κ3) is 4.66. The molecule has 3 rings (SSSR count). The molecule has 30 heavy (non-hydrogen) atoms. The van der Waals surface area contributed by atoms with Gasteiger partial charge in [-0.25, -0.2) is 0 Å². The number of allylic oxidation sites excluding steroid dienone is 2. The molecule has 1 aliphatic carbocycles. The third-order valence-electron chi connectivity index (χ3n) is 5.20. The molecule has 0 aromatic heterocycles. The second kappa shape index (κ2) is 8.89. The molecule has 3 amide bonds. The van der Waals surface area contributed by atoms with Gasteiger partial charge in [-0.15, -0.1) is 0 Å². The van der Waals surface area contributed by atoms with Crippen LogP contribution in [0.2, 0.25) is 0 Å². The molecule has 2 aliphatic rings. The molecule has 9 heteroatoms. The number of amides is 3. The number of halogens is 3. The van der Waals surface area contributed by atoms with Crippen LogP contribution in [-0.2, 0) is 20.6 Å². The lowest BCUT2D eigenvalue weighted by molar-refractivity contribution is -0.140. The number of anilines is 1. The summed E-state index contributed by atoms with van der Waals surface area (Å²) in [6.07, 6.45) is 0.600. The van der Waals surface area contributed by atoms with Crippen molar-refractivity contribution in [2.75, 3.05) is 18.5 Å². The zero-order valence-corrected chi connectivity index (χ0v) is 16.5. The van der Waals surface area contributed by atoms with Gasteiger partial charge in [-0.05, 0) is 37.5 Å². The predicted octanol–water partition coefficient (Wildman–Crippen LogP) is 3.77. The van der Waals surface area contributed by atoms with Crippen LogP contribution in [0, 0.1) is 11.8 Å². The van der Waals surface area contributed by atoms with Gasteiger partial charge in [0.2, 0.25) is 17.7 Å². The Morgan fingerprint density at radius 3 is 2.37 bits per heavy atom. The lowest BCUT2D eigenvalue weighted by atomic mass is 9.85. The first kappa shape index (κ1) is 21.9. The lowest BCUT2D eigenvalue weighted by Gasteiger charge is -2.17. The van der Waals surface area contributed by atoms with Crippen LogP contribution in [0.4, 0.5) is 18.9 Å². The number of likely N-dealkylation sites (tertiary alicyclic amines) is 1. The Morgan fingerprint density at radius 2 is 1.80 bits per heavy atom. The lowest BCUT2D eigenvalue weighted by Crippen LogP contribution is -2.34. The highest BCUT2D eigenvalue weighted by Crippen LogP contribution is 2.36. The molecule has 0 bridgehead atoms. The molecule has 0 saturated carbocycles. The van der Waals surface area contributed by atoms with Crippen LogP contribution in [0.5, 0.6) is 5.75 Å². The number of fused-ring (bicyclic) bond motifs is 1. The summed E-state index contributed by atoms with van der Waals surface area (Å²) >= 11 is 0. The van der Waals surface area contributed by atoms with Crippen molar-refractivity contribution < 1.29 is 32.3 Å². The second-order valence-corrected chi connectivity index (χ2v) is 7.34. The first-order valence-electron chi connectivity index (χ1n) is 9.86. The van der Waals surface area contributed by atoms with Gasteiger partial charge < -0.3 is 10.1 Å². The Balaban J connectivity index is 1.67. The summed E-state index contributed by atoms with van der Waals surface area (Å²) < 4.78 is 44.5. The van der Waals surface area contributed by atoms with E-state index in [2.05, 4.69) is 5.32 Å². The van der Waals surface area contributed by atoms with Crippen LogP contribution in [0.25, 0.3) is 0 Å². The van der Waals surface area contributed by atoms with Gasteiger partial charge in [0.05, 0.1) is 29.7 Å². The fraction of sp³-hybridized carbons (Fsp3) is 0.476. The molecule has 1 fully saturated rings. The van der Waals surface area contributed by atoms with E-state index in [-0.39, 0.29) is 54.7 Å². The molecule has 1 saturated heterocycles. The van der Waals surface area contributed by atoms with Crippen molar-refractivity contribution >= 4 is 23.4 Å². The Morgan fingerprint density at radius 1 is 1.17 bits per heavy atom. The number of nitrogens with zero attached hydrogens (tertiary/aromatic N) is 1. The minimum atomic E-state index is -4.57. The highest BCUT2D eigenvalue weighted by molar-refractivity contribution is 6.06. The summed E-state index contributed by atoms with van der Waals surface area (Å²) in [5.74, 6) is -1.85. The zero-order chi connectivity index (χ0) is 21.9. The average Bonchev–Trinajstić information content (AvgIpc) is 2.95. The van der Waals surface area contributed by atoms with Crippen molar-refractivity contribution in [1.29, 1.82) is 0 Å². The molecular formula is C21H23F3N2O4. The van der Waals surface area contributed by atoms with Crippen LogP contribution in [0.15, 0.2) is 30.4 Å². The van der Waals surface area contributed by atoms with Crippen molar-refractivity contribution in [3.63, 3.8) is 0 Å². The molecule has 2 unspecified atom stereocenters. The van der Waals surface area contributed by atoms with Crippen molar-refractivity contribution in [3.8, 4) is 5.75 Å². The number of hydrogen-bond acceptors (Lipinski definition) is 4. The molecule has 162 valence electrons. The quantitative estimate of drug-likeness (QED) is 0.534. The fourth-order valence-corrected chi connectivity index (χ4v) is 3.66. The summed E-state index contributed by atoms with van der Waals surface area (Å²) in [6, 6.07) is 2.87. The summed E-state index contributed by atoms with van der Waals surface area (Å²) in [4.78, 5) is 38.3. The van der Waals surface area contributed by atoms with Crippen molar-refractivity contribution in [2.24, 2.45) is 11.8 Å². The summed E-state index contributed by atoms with van der Waals surface area (Å²) in [5.41, 5.74) is -1.01. The maximum Gasteiger partial charge on any atom is 0.416 e. The minimum absolute atomic E-state index is 0.0970. The highest BCUT2D eigenvalue weighted by atomic mass is 19.4. The van der Waals surface area contributed by atoms with Crippen LogP contribution in [0.3, 0.4) is 0 Å². The van der Waals surface area contributed by atoms with Gasteiger partial charge in [0.25, 0.3) is 0 Å². The fourth-order valence-electron chi connectivity index (χ4n) is 3.66. The Hall–Kier alpha value is -2.84. The number of carbonyl (C=O) groups is 3. The summed E-state index contributed by atoms with van der Waals surface area (Å²) in [6.45, 7) is 2.02. The standard InChI is InChI=1S/C21H23F3N2O4/c1-2-11-30-17-8-7-13(21(22,23)24)12-16(17)25-18(27)9-10-26-19(28)14-5-3-4-6-15(14)20(26)29/h3-4,7-8,12,14-15H,2,5-6,9-11H2,1H3,(H,25,27). The molecule has 1 N–H and O–H groups in total. The molecule has 1 aliphatic heterocycles. The van der Waals surface area contributed by atoms with Gasteiger partial charge in [0.1, 0.15) is 5.75 Å². The van der Waals surface area contributed by atoms with Gasteiger partial charge in [-0.2, -0.15) is 13.2 Å². The Labute approximate surface area is 172 Å². The van der Waals surface area contributed by atoms with Crippen LogP contribution >= 0.6 is 0 Å². The van der Waals surface area contributed by atoms with E-state index in [0.717, 1.165) is 17.0 Å². The second-order valence-electron chi connectivity index (χ2n) is 7.34. The zero-order valence-electron chi connectivity index (χ0n) is 16.5. The van der Waals surface area contributed by atoms with E-state index in [1.165, 1.54) is 6.07 Å². The van der Waals surface area contributed by atoms with E-state index in [9.17, 15) is 27.6 Å². The number of nitrogens with one attached hydrogen (secondary N) is 1. The van der Waals surface area contributed by atoms with E-state index in [1.54, 1.807) is 0 Å². The Kier molecular flexibility index (Phi) is 6.48. The SMILES string of the molecule is CCCOc1ccc(C(F)(F)F)cc1NC(=O)CCN1C(=O)C2CC=CCC2C1=O. The van der Waals surface area contributed by atoms with E-state index in [1.807, 2.05) is 19.1 Å². The number of carbonyl (C=O) groups excluding carboxylic acids is 3. The normalized spacial score (nSPS) is 21.0. The highest BCUT2D eigenvalue weighted by Gasteiger charge is 2.46. The molecule has 1 aromatic carbocycles. The average molecular weight is 424 g/mol. The van der Waals surface area contributed by atoms with Crippen LogP contribution in [-0.4, -0.2) is 35.8 Å². The smallest absolute Gasteiger partial charge is 0.416 e. The number of rotatable bonds is 7. The number of ether oxygens (including phenoxy) is 1. The van der Waals surface area contributed by atoms with Crippen molar-refractivity contribution in [1.82, 2.24) is 4.90 Å². The number of imide groups is 1. The molecule has 1 heterocycles. The molecule has 2 atom stereocenters. The van der Waals surface area contributed by atoms with E-state index in [4.69, 9.17) is 4.74 Å². The van der Waals surface area contributed by atoms with Crippen LogP contribution in [0.1, 0.15) is 38.2 Å². The van der Waals surface area contributed by atoms with E-state index in [0.29, 0.717) is 19.3 Å². The largest absolute Gasteiger partial charge is 0.491 e. The van der Waals surface area contributed by atoms with Gasteiger partial charge in [0.15, 0.2) is 0 Å². The maximum atomic E-state index is 13.0.